The van der Waals surface area contributed by atoms with Crippen molar-refractivity contribution >= 4 is 5.91 Å². The molecule has 1 aliphatic heterocycles. The number of rotatable bonds is 46. The molecule has 7 unspecified atom stereocenters. The number of carbonyl (C=O) groups is 1. The SMILES string of the molecule is CC/C=C\C/C=C\C/C=C\C/C=C\C/C=C\C/C=C\C/C=C\CCCCCCCC(=O)NC(COC1OC(CO)C(O)C(O)C1O)C(O)/C=C/CC/C=C/CC/C=C/CCCCCCCCCCCCC. The Labute approximate surface area is 433 Å². The lowest BCUT2D eigenvalue weighted by Crippen LogP contribution is -2.60. The maximum atomic E-state index is 13.0. The number of hydrogen-bond acceptors (Lipinski definition) is 8. The first-order valence-electron chi connectivity index (χ1n) is 28.3. The number of aliphatic hydroxyl groups excluding tert-OH is 5. The second-order valence-corrected chi connectivity index (χ2v) is 19.0. The Morgan fingerprint density at radius 1 is 0.493 bits per heavy atom. The van der Waals surface area contributed by atoms with Crippen molar-refractivity contribution in [2.75, 3.05) is 13.2 Å². The molecule has 1 heterocycles. The van der Waals surface area contributed by atoms with Gasteiger partial charge in [-0.05, 0) is 103 Å². The van der Waals surface area contributed by atoms with Crippen LogP contribution in [0.25, 0.3) is 0 Å². The van der Waals surface area contributed by atoms with Crippen LogP contribution in [0.15, 0.2) is 122 Å². The van der Waals surface area contributed by atoms with Gasteiger partial charge in [0.2, 0.25) is 5.91 Å². The average Bonchev–Trinajstić information content (AvgIpc) is 3.37. The van der Waals surface area contributed by atoms with Crippen molar-refractivity contribution in [3.05, 3.63) is 122 Å². The molecule has 1 fully saturated rings. The lowest BCUT2D eigenvalue weighted by molar-refractivity contribution is -0.302. The molecule has 9 heteroatoms. The van der Waals surface area contributed by atoms with Crippen LogP contribution in [0.4, 0.5) is 0 Å². The Kier molecular flexibility index (Phi) is 46.3. The van der Waals surface area contributed by atoms with Crippen LogP contribution in [-0.4, -0.2) is 87.5 Å². The number of unbranched alkanes of at least 4 members (excludes halogenated alkanes) is 18. The van der Waals surface area contributed by atoms with Crippen LogP contribution in [0, 0.1) is 0 Å². The summed E-state index contributed by atoms with van der Waals surface area (Å²) in [7, 11) is 0. The second-order valence-electron chi connectivity index (χ2n) is 19.0. The number of ether oxygens (including phenoxy) is 2. The topological polar surface area (TPSA) is 149 Å². The summed E-state index contributed by atoms with van der Waals surface area (Å²) >= 11 is 0. The fourth-order valence-electron chi connectivity index (χ4n) is 8.05. The number of hydrogen-bond donors (Lipinski definition) is 6. The third kappa shape index (κ3) is 39.8. The molecule has 0 saturated carbocycles. The number of amides is 1. The highest BCUT2D eigenvalue weighted by atomic mass is 16.7. The number of nitrogens with one attached hydrogen (secondary N) is 1. The summed E-state index contributed by atoms with van der Waals surface area (Å²) in [4.78, 5) is 13.0. The van der Waals surface area contributed by atoms with Crippen molar-refractivity contribution in [1.82, 2.24) is 5.32 Å². The summed E-state index contributed by atoms with van der Waals surface area (Å²) in [6.07, 6.45) is 68.2. The maximum Gasteiger partial charge on any atom is 0.220 e. The molecule has 0 bridgehead atoms. The van der Waals surface area contributed by atoms with E-state index in [9.17, 15) is 30.3 Å². The molecule has 404 valence electrons. The van der Waals surface area contributed by atoms with Gasteiger partial charge in [0, 0.05) is 6.42 Å². The number of allylic oxidation sites excluding steroid dienone is 19. The number of carbonyl (C=O) groups excluding carboxylic acids is 1. The van der Waals surface area contributed by atoms with Crippen LogP contribution >= 0.6 is 0 Å². The van der Waals surface area contributed by atoms with Crippen LogP contribution in [0.2, 0.25) is 0 Å². The van der Waals surface area contributed by atoms with Crippen LogP contribution < -0.4 is 5.32 Å². The number of aliphatic hydroxyl groups is 5. The normalized spacial score (nSPS) is 20.2. The molecule has 1 amide bonds. The Bertz CT molecular complexity index is 1520. The first-order chi connectivity index (χ1) is 34.8. The molecule has 1 saturated heterocycles. The second kappa shape index (κ2) is 50.1. The molecule has 0 aliphatic carbocycles. The summed E-state index contributed by atoms with van der Waals surface area (Å²) < 4.78 is 11.2. The van der Waals surface area contributed by atoms with Crippen molar-refractivity contribution in [1.29, 1.82) is 0 Å². The summed E-state index contributed by atoms with van der Waals surface area (Å²) in [6.45, 7) is 3.62. The molecule has 0 spiro atoms. The molecule has 1 rings (SSSR count). The standard InChI is InChI=1S/C62H103NO8/c1-3-5-7-9-11-13-15-17-19-21-23-25-26-27-28-29-30-32-34-36-38-40-42-44-46-48-50-52-58(66)63-55(54-70-62-61(69)60(68)59(67)57(53-64)71-62)56(65)51-49-47-45-43-41-39-37-35-33-31-24-22-20-18-16-14-12-10-8-6-4-2/h5,7,11,13,17,19,23,25,27-28,30,32-33,35-36,38,41,43,49,51,55-57,59-62,64-65,67-69H,3-4,6,8-10,12,14-16,18,20-22,24,26,29,31,34,37,39-40,42,44-48,50,52-54H2,1-2H3,(H,63,66)/b7-5-,13-11-,19-17-,25-23-,28-27-,32-30-,35-33+,38-36-,43-41+,51-49+. The van der Waals surface area contributed by atoms with Crippen molar-refractivity contribution in [3.8, 4) is 0 Å². The van der Waals surface area contributed by atoms with E-state index in [2.05, 4.69) is 129 Å². The van der Waals surface area contributed by atoms with E-state index in [-0.39, 0.29) is 12.5 Å². The van der Waals surface area contributed by atoms with Crippen molar-refractivity contribution in [3.63, 3.8) is 0 Å². The highest BCUT2D eigenvalue weighted by molar-refractivity contribution is 5.76. The van der Waals surface area contributed by atoms with E-state index in [0.717, 1.165) is 116 Å². The predicted molar refractivity (Wildman–Crippen MR) is 299 cm³/mol. The molecule has 0 aromatic heterocycles. The van der Waals surface area contributed by atoms with Crippen molar-refractivity contribution in [2.24, 2.45) is 0 Å². The maximum absolute atomic E-state index is 13.0. The van der Waals surface area contributed by atoms with Gasteiger partial charge >= 0.3 is 0 Å². The highest BCUT2D eigenvalue weighted by Gasteiger charge is 2.44. The Morgan fingerprint density at radius 3 is 1.35 bits per heavy atom. The fraction of sp³-hybridized carbons (Fsp3) is 0.661. The highest BCUT2D eigenvalue weighted by Crippen LogP contribution is 2.22. The average molecular weight is 991 g/mol. The van der Waals surface area contributed by atoms with Crippen molar-refractivity contribution < 1.29 is 39.8 Å². The van der Waals surface area contributed by atoms with Crippen LogP contribution in [0.1, 0.15) is 206 Å². The first-order valence-corrected chi connectivity index (χ1v) is 28.3. The van der Waals surface area contributed by atoms with Crippen LogP contribution in [0.5, 0.6) is 0 Å². The predicted octanol–water partition coefficient (Wildman–Crippen LogP) is 14.0. The van der Waals surface area contributed by atoms with E-state index < -0.39 is 49.5 Å². The summed E-state index contributed by atoms with van der Waals surface area (Å²) in [5, 5.41) is 54.4. The summed E-state index contributed by atoms with van der Waals surface area (Å²) in [5.41, 5.74) is 0. The van der Waals surface area contributed by atoms with Gasteiger partial charge in [-0.2, -0.15) is 0 Å². The van der Waals surface area contributed by atoms with Gasteiger partial charge in [-0.15, -0.1) is 0 Å². The van der Waals surface area contributed by atoms with Gasteiger partial charge < -0.3 is 40.3 Å². The third-order valence-corrected chi connectivity index (χ3v) is 12.5. The smallest absolute Gasteiger partial charge is 0.220 e. The Hall–Kier alpha value is -3.41. The quantitative estimate of drug-likeness (QED) is 0.0261. The molecular weight excluding hydrogens is 887 g/mol. The Balaban J connectivity index is 2.32. The molecule has 6 N–H and O–H groups in total. The molecule has 7 atom stereocenters. The molecule has 0 aromatic carbocycles. The van der Waals surface area contributed by atoms with E-state index in [0.29, 0.717) is 6.42 Å². The van der Waals surface area contributed by atoms with E-state index in [4.69, 9.17) is 9.47 Å². The molecule has 71 heavy (non-hydrogen) atoms. The van der Waals surface area contributed by atoms with Gasteiger partial charge in [0.25, 0.3) is 0 Å². The molecular formula is C62H103NO8. The van der Waals surface area contributed by atoms with Crippen molar-refractivity contribution in [2.45, 2.75) is 249 Å². The molecule has 9 nitrogen and oxygen atoms in total. The summed E-state index contributed by atoms with van der Waals surface area (Å²) in [5.74, 6) is -0.215. The lowest BCUT2D eigenvalue weighted by Gasteiger charge is -2.40. The Morgan fingerprint density at radius 2 is 0.887 bits per heavy atom. The van der Waals surface area contributed by atoms with Gasteiger partial charge in [-0.1, -0.05) is 219 Å². The zero-order valence-corrected chi connectivity index (χ0v) is 44.7. The minimum Gasteiger partial charge on any atom is -0.394 e. The van der Waals surface area contributed by atoms with E-state index in [1.54, 1.807) is 6.08 Å². The van der Waals surface area contributed by atoms with E-state index in [1.807, 2.05) is 6.08 Å². The van der Waals surface area contributed by atoms with Crippen LogP contribution in [-0.2, 0) is 14.3 Å². The lowest BCUT2D eigenvalue weighted by atomic mass is 9.99. The monoisotopic (exact) mass is 990 g/mol. The molecule has 0 radical (unpaired) electrons. The van der Waals surface area contributed by atoms with Crippen LogP contribution in [0.3, 0.4) is 0 Å². The van der Waals surface area contributed by atoms with Gasteiger partial charge in [0.05, 0.1) is 25.4 Å². The fourth-order valence-corrected chi connectivity index (χ4v) is 8.05. The minimum absolute atomic E-state index is 0.215. The van der Waals surface area contributed by atoms with Gasteiger partial charge in [-0.3, -0.25) is 4.79 Å². The molecule has 1 aliphatic rings. The minimum atomic E-state index is -1.59. The zero-order chi connectivity index (χ0) is 51.5. The van der Waals surface area contributed by atoms with Gasteiger partial charge in [0.1, 0.15) is 24.4 Å². The van der Waals surface area contributed by atoms with Gasteiger partial charge in [0.15, 0.2) is 6.29 Å². The van der Waals surface area contributed by atoms with E-state index >= 15 is 0 Å². The first kappa shape index (κ1) is 65.6. The molecule has 0 aromatic rings. The largest absolute Gasteiger partial charge is 0.394 e. The zero-order valence-electron chi connectivity index (χ0n) is 44.7. The summed E-state index contributed by atoms with van der Waals surface area (Å²) in [6, 6.07) is -0.849. The third-order valence-electron chi connectivity index (χ3n) is 12.5. The van der Waals surface area contributed by atoms with Gasteiger partial charge in [-0.25, -0.2) is 0 Å². The van der Waals surface area contributed by atoms with E-state index in [1.165, 1.54) is 70.6 Å².